The van der Waals surface area contributed by atoms with Gasteiger partial charge in [-0.25, -0.2) is 17.2 Å². The smallest absolute Gasteiger partial charge is 0.244 e. The van der Waals surface area contributed by atoms with Crippen LogP contribution in [0.5, 0.6) is 0 Å². The molecular formula is C21H27F2N5O2S2. The first-order valence-corrected chi connectivity index (χ1v) is 13.0. The fourth-order valence-electron chi connectivity index (χ4n) is 3.98. The zero-order valence-corrected chi connectivity index (χ0v) is 19.6. The number of para-hydroxylation sites is 1. The number of rotatable bonds is 7. The van der Waals surface area contributed by atoms with E-state index in [0.29, 0.717) is 41.8 Å². The Morgan fingerprint density at radius 2 is 1.97 bits per heavy atom. The molecule has 7 nitrogen and oxygen atoms in total. The second kappa shape index (κ2) is 9.52. The molecule has 2 fully saturated rings. The van der Waals surface area contributed by atoms with Crippen LogP contribution in [0.1, 0.15) is 6.42 Å². The predicted molar refractivity (Wildman–Crippen MR) is 125 cm³/mol. The van der Waals surface area contributed by atoms with Crippen LogP contribution >= 0.6 is 11.8 Å². The summed E-state index contributed by atoms with van der Waals surface area (Å²) in [4.78, 5) is 3.40. The molecule has 2 aromatic rings. The van der Waals surface area contributed by atoms with Gasteiger partial charge in [-0.2, -0.15) is 4.72 Å². The van der Waals surface area contributed by atoms with Gasteiger partial charge in [0.1, 0.15) is 16.5 Å². The molecule has 2 saturated heterocycles. The zero-order valence-electron chi connectivity index (χ0n) is 17.9. The lowest BCUT2D eigenvalue weighted by molar-refractivity contribution is 0.308. The Hall–Kier alpha value is -1.92. The quantitative estimate of drug-likeness (QED) is 0.559. The van der Waals surface area contributed by atoms with Crippen molar-refractivity contribution < 1.29 is 17.2 Å². The minimum Gasteiger partial charge on any atom is -0.366 e. The molecule has 2 aromatic carbocycles. The third-order valence-corrected chi connectivity index (χ3v) is 8.43. The summed E-state index contributed by atoms with van der Waals surface area (Å²) in [6.45, 7) is 1.36. The molecular weight excluding hydrogens is 456 g/mol. The maximum atomic E-state index is 14.8. The van der Waals surface area contributed by atoms with Crippen LogP contribution < -0.4 is 20.3 Å². The van der Waals surface area contributed by atoms with Crippen LogP contribution in [0.3, 0.4) is 0 Å². The van der Waals surface area contributed by atoms with Crippen LogP contribution in [0.15, 0.2) is 41.3 Å². The molecule has 2 aliphatic heterocycles. The van der Waals surface area contributed by atoms with Gasteiger partial charge in [0.15, 0.2) is 0 Å². The third-order valence-electron chi connectivity index (χ3n) is 5.79. The monoisotopic (exact) mass is 483 g/mol. The Balaban J connectivity index is 1.55. The second-order valence-corrected chi connectivity index (χ2v) is 10.7. The van der Waals surface area contributed by atoms with Gasteiger partial charge < -0.3 is 15.5 Å². The summed E-state index contributed by atoms with van der Waals surface area (Å²) in [7, 11) is -0.325. The Morgan fingerprint density at radius 3 is 2.62 bits per heavy atom. The number of likely N-dealkylation sites (N-methyl/N-ethyl adjacent to an activating group) is 1. The van der Waals surface area contributed by atoms with Gasteiger partial charge in [0.2, 0.25) is 10.0 Å². The summed E-state index contributed by atoms with van der Waals surface area (Å²) in [5.74, 6) is 0.0736. The van der Waals surface area contributed by atoms with Crippen molar-refractivity contribution in [2.75, 3.05) is 49.0 Å². The summed E-state index contributed by atoms with van der Waals surface area (Å²) >= 11 is 1.61. The van der Waals surface area contributed by atoms with Gasteiger partial charge in [0, 0.05) is 36.4 Å². The van der Waals surface area contributed by atoms with Crippen LogP contribution in [0.2, 0.25) is 0 Å². The first kappa shape index (κ1) is 23.2. The van der Waals surface area contributed by atoms with E-state index in [9.17, 15) is 17.2 Å². The van der Waals surface area contributed by atoms with Crippen LogP contribution in [0.4, 0.5) is 25.8 Å². The molecule has 2 heterocycles. The van der Waals surface area contributed by atoms with Gasteiger partial charge in [-0.1, -0.05) is 6.07 Å². The van der Waals surface area contributed by atoms with Gasteiger partial charge >= 0.3 is 0 Å². The average Bonchev–Trinajstić information content (AvgIpc) is 3.37. The third kappa shape index (κ3) is 4.86. The molecule has 0 bridgehead atoms. The highest BCUT2D eigenvalue weighted by Crippen LogP contribution is 2.34. The topological polar surface area (TPSA) is 76.7 Å². The standard InChI is InChI=1S/C21H27F2N5O2S2/c1-24-15-8-9-28(11-15)21-16(22)4-3-5-18(21)25-14-6-7-19(17(23)10-14)32(29,30)26-20-12-31-13-27(20)2/h3-7,10,15,20,24-26H,8-9,11-13H2,1-2H3. The van der Waals surface area contributed by atoms with Crippen molar-refractivity contribution in [2.24, 2.45) is 0 Å². The Morgan fingerprint density at radius 1 is 1.16 bits per heavy atom. The van der Waals surface area contributed by atoms with Gasteiger partial charge in [0.05, 0.1) is 17.5 Å². The molecule has 32 heavy (non-hydrogen) atoms. The van der Waals surface area contributed by atoms with Crippen molar-refractivity contribution in [3.8, 4) is 0 Å². The molecule has 11 heteroatoms. The van der Waals surface area contributed by atoms with E-state index < -0.39 is 20.7 Å². The van der Waals surface area contributed by atoms with Gasteiger partial charge in [-0.3, -0.25) is 4.90 Å². The number of nitrogens with one attached hydrogen (secondary N) is 3. The number of nitrogens with zero attached hydrogens (tertiary/aromatic N) is 2. The lowest BCUT2D eigenvalue weighted by Gasteiger charge is -2.23. The second-order valence-electron chi connectivity index (χ2n) is 8.02. The van der Waals surface area contributed by atoms with E-state index in [1.54, 1.807) is 23.9 Å². The van der Waals surface area contributed by atoms with Crippen molar-refractivity contribution in [3.63, 3.8) is 0 Å². The maximum Gasteiger partial charge on any atom is 0.244 e. The van der Waals surface area contributed by atoms with Crippen LogP contribution in [0.25, 0.3) is 0 Å². The molecule has 0 saturated carbocycles. The summed E-state index contributed by atoms with van der Waals surface area (Å²) in [6.07, 6.45) is 0.520. The van der Waals surface area contributed by atoms with Crippen LogP contribution in [-0.4, -0.2) is 64.3 Å². The summed E-state index contributed by atoms with van der Waals surface area (Å²) in [5.41, 5.74) is 1.26. The number of hydrogen-bond acceptors (Lipinski definition) is 7. The lowest BCUT2D eigenvalue weighted by Crippen LogP contribution is -2.44. The van der Waals surface area contributed by atoms with Crippen molar-refractivity contribution >= 4 is 38.8 Å². The van der Waals surface area contributed by atoms with E-state index in [1.165, 1.54) is 18.2 Å². The number of hydrogen-bond donors (Lipinski definition) is 3. The van der Waals surface area contributed by atoms with Gasteiger partial charge in [0.25, 0.3) is 0 Å². The van der Waals surface area contributed by atoms with Crippen LogP contribution in [-0.2, 0) is 10.0 Å². The fraction of sp³-hybridized carbons (Fsp3) is 0.429. The van der Waals surface area contributed by atoms with Gasteiger partial charge in [-0.05, 0) is 50.8 Å². The summed E-state index contributed by atoms with van der Waals surface area (Å²) in [6, 6.07) is 8.82. The largest absolute Gasteiger partial charge is 0.366 e. The lowest BCUT2D eigenvalue weighted by atomic mass is 10.2. The summed E-state index contributed by atoms with van der Waals surface area (Å²) < 4.78 is 57.4. The molecule has 0 aliphatic carbocycles. The van der Waals surface area contributed by atoms with E-state index in [-0.39, 0.29) is 18.0 Å². The summed E-state index contributed by atoms with van der Waals surface area (Å²) in [5, 5.41) is 6.26. The Kier molecular flexibility index (Phi) is 6.91. The first-order chi connectivity index (χ1) is 15.3. The molecule has 0 aromatic heterocycles. The number of sulfonamides is 1. The molecule has 0 amide bonds. The Labute approximate surface area is 191 Å². The number of thioether (sulfide) groups is 1. The Bertz CT molecular complexity index is 1090. The van der Waals surface area contributed by atoms with Crippen LogP contribution in [0, 0.1) is 11.6 Å². The minimum absolute atomic E-state index is 0.272. The normalized spacial score (nSPS) is 21.9. The fourth-order valence-corrected chi connectivity index (χ4v) is 6.53. The van der Waals surface area contributed by atoms with E-state index in [1.807, 2.05) is 23.9 Å². The number of anilines is 3. The number of halogens is 2. The molecule has 0 spiro atoms. The van der Waals surface area contributed by atoms with Crippen molar-refractivity contribution in [2.45, 2.75) is 23.5 Å². The molecule has 174 valence electrons. The molecule has 2 unspecified atom stereocenters. The predicted octanol–water partition coefficient (Wildman–Crippen LogP) is 2.75. The SMILES string of the molecule is CNC1CCN(c2c(F)cccc2Nc2ccc(S(=O)(=O)NC3CSCN3C)c(F)c2)C1. The molecule has 3 N–H and O–H groups in total. The minimum atomic E-state index is -4.02. The van der Waals surface area contributed by atoms with E-state index in [4.69, 9.17) is 0 Å². The molecule has 2 aliphatic rings. The van der Waals surface area contributed by atoms with E-state index in [0.717, 1.165) is 12.5 Å². The average molecular weight is 484 g/mol. The first-order valence-electron chi connectivity index (χ1n) is 10.4. The zero-order chi connectivity index (χ0) is 22.9. The van der Waals surface area contributed by atoms with E-state index >= 15 is 0 Å². The van der Waals surface area contributed by atoms with Crippen molar-refractivity contribution in [1.29, 1.82) is 0 Å². The van der Waals surface area contributed by atoms with Crippen molar-refractivity contribution in [3.05, 3.63) is 48.0 Å². The molecule has 4 rings (SSSR count). The highest BCUT2D eigenvalue weighted by atomic mass is 32.2. The van der Waals surface area contributed by atoms with Gasteiger partial charge in [-0.15, -0.1) is 11.8 Å². The molecule has 0 radical (unpaired) electrons. The molecule has 2 atom stereocenters. The highest BCUT2D eigenvalue weighted by molar-refractivity contribution is 7.99. The van der Waals surface area contributed by atoms with Crippen molar-refractivity contribution in [1.82, 2.24) is 14.9 Å². The van der Waals surface area contributed by atoms with E-state index in [2.05, 4.69) is 15.4 Å². The maximum absolute atomic E-state index is 14.8. The number of benzene rings is 2. The highest BCUT2D eigenvalue weighted by Gasteiger charge is 2.29.